The van der Waals surface area contributed by atoms with Gasteiger partial charge in [0.2, 0.25) is 0 Å². The van der Waals surface area contributed by atoms with E-state index in [1.807, 2.05) is 0 Å². The molecule has 0 N–H and O–H groups in total. The summed E-state index contributed by atoms with van der Waals surface area (Å²) in [5.41, 5.74) is -0.611. The van der Waals surface area contributed by atoms with Gasteiger partial charge in [-0.3, -0.25) is 0 Å². The third-order valence-corrected chi connectivity index (χ3v) is 2.84. The second-order valence-electron chi connectivity index (χ2n) is 3.28. The molecule has 1 aliphatic carbocycles. The summed E-state index contributed by atoms with van der Waals surface area (Å²) in [6.07, 6.45) is -2.59. The molecule has 0 spiro atoms. The summed E-state index contributed by atoms with van der Waals surface area (Å²) in [7, 11) is 0. The van der Waals surface area contributed by atoms with Crippen LogP contribution >= 0.6 is 11.6 Å². The van der Waals surface area contributed by atoms with Gasteiger partial charge in [0.15, 0.2) is 0 Å². The van der Waals surface area contributed by atoms with Gasteiger partial charge in [-0.2, -0.15) is 13.2 Å². The summed E-state index contributed by atoms with van der Waals surface area (Å²) >= 11 is 5.47. The van der Waals surface area contributed by atoms with Crippen LogP contribution in [0.1, 0.15) is 25.7 Å². The van der Waals surface area contributed by atoms with Gasteiger partial charge < -0.3 is 0 Å². The average molecular weight is 187 g/mol. The van der Waals surface area contributed by atoms with Gasteiger partial charge in [-0.25, -0.2) is 0 Å². The molecule has 0 saturated heterocycles. The van der Waals surface area contributed by atoms with Gasteiger partial charge in [0.05, 0.1) is 6.42 Å². The second-order valence-corrected chi connectivity index (χ2v) is 3.55. The topological polar surface area (TPSA) is 0 Å². The first-order valence-corrected chi connectivity index (χ1v) is 4.14. The van der Waals surface area contributed by atoms with Crippen molar-refractivity contribution in [3.8, 4) is 0 Å². The zero-order valence-corrected chi connectivity index (χ0v) is 6.80. The van der Waals surface area contributed by atoms with Crippen molar-refractivity contribution in [2.24, 2.45) is 5.41 Å². The highest BCUT2D eigenvalue weighted by Gasteiger charge is 2.45. The van der Waals surface area contributed by atoms with Crippen LogP contribution in [0.3, 0.4) is 0 Å². The maximum atomic E-state index is 11.9. The van der Waals surface area contributed by atoms with Gasteiger partial charge in [0.1, 0.15) is 0 Å². The van der Waals surface area contributed by atoms with E-state index >= 15 is 0 Å². The fraction of sp³-hybridized carbons (Fsp3) is 1.00. The van der Waals surface area contributed by atoms with Crippen LogP contribution in [0.4, 0.5) is 13.2 Å². The van der Waals surface area contributed by atoms with E-state index in [0.29, 0.717) is 12.8 Å². The van der Waals surface area contributed by atoms with Crippen LogP contribution in [0.5, 0.6) is 0 Å². The standard InChI is InChI=1S/C7H10ClF3/c8-5-6(2-1-3-6)4-7(9,10)11/h1-5H2. The van der Waals surface area contributed by atoms with Crippen molar-refractivity contribution in [1.29, 1.82) is 0 Å². The molecule has 1 saturated carbocycles. The first-order chi connectivity index (χ1) is 4.97. The Morgan fingerprint density at radius 1 is 1.27 bits per heavy atom. The first-order valence-electron chi connectivity index (χ1n) is 3.60. The van der Waals surface area contributed by atoms with Crippen LogP contribution < -0.4 is 0 Å². The molecule has 4 heteroatoms. The van der Waals surface area contributed by atoms with Gasteiger partial charge >= 0.3 is 6.18 Å². The summed E-state index contributed by atoms with van der Waals surface area (Å²) in [6, 6.07) is 0. The number of rotatable bonds is 2. The third-order valence-electron chi connectivity index (χ3n) is 2.27. The zero-order valence-electron chi connectivity index (χ0n) is 6.05. The van der Waals surface area contributed by atoms with Crippen molar-refractivity contribution in [1.82, 2.24) is 0 Å². The van der Waals surface area contributed by atoms with E-state index in [2.05, 4.69) is 0 Å². The Balaban J connectivity index is 2.45. The number of halogens is 4. The van der Waals surface area contributed by atoms with Crippen molar-refractivity contribution in [3.63, 3.8) is 0 Å². The SMILES string of the molecule is FC(F)(F)CC1(CCl)CCC1. The predicted molar refractivity (Wildman–Crippen MR) is 37.7 cm³/mol. The van der Waals surface area contributed by atoms with E-state index in [-0.39, 0.29) is 5.88 Å². The van der Waals surface area contributed by atoms with Crippen LogP contribution in [0.15, 0.2) is 0 Å². The minimum Gasteiger partial charge on any atom is -0.171 e. The van der Waals surface area contributed by atoms with Crippen molar-refractivity contribution in [2.75, 3.05) is 5.88 Å². The lowest BCUT2D eigenvalue weighted by Gasteiger charge is -2.40. The molecule has 0 aromatic rings. The molecule has 0 amide bonds. The van der Waals surface area contributed by atoms with Crippen molar-refractivity contribution in [3.05, 3.63) is 0 Å². The Morgan fingerprint density at radius 2 is 1.82 bits per heavy atom. The zero-order chi connectivity index (χ0) is 8.54. The smallest absolute Gasteiger partial charge is 0.171 e. The summed E-state index contributed by atoms with van der Waals surface area (Å²) in [5.74, 6) is 0.145. The molecule has 0 radical (unpaired) electrons. The molecule has 0 aliphatic heterocycles. The minimum atomic E-state index is -4.05. The molecule has 0 heterocycles. The Hall–Kier alpha value is 0.0800. The van der Waals surface area contributed by atoms with Gasteiger partial charge in [-0.15, -0.1) is 11.6 Å². The maximum Gasteiger partial charge on any atom is 0.389 e. The van der Waals surface area contributed by atoms with Crippen molar-refractivity contribution in [2.45, 2.75) is 31.9 Å². The first kappa shape index (κ1) is 9.17. The molecule has 0 unspecified atom stereocenters. The summed E-state index contributed by atoms with van der Waals surface area (Å²) in [6.45, 7) is 0. The monoisotopic (exact) mass is 186 g/mol. The molecule has 0 aromatic carbocycles. The summed E-state index contributed by atoms with van der Waals surface area (Å²) in [5, 5.41) is 0. The molecule has 1 fully saturated rings. The lowest BCUT2D eigenvalue weighted by atomic mass is 9.68. The van der Waals surface area contributed by atoms with E-state index in [1.165, 1.54) is 0 Å². The van der Waals surface area contributed by atoms with Gasteiger partial charge in [0, 0.05) is 5.88 Å². The Kier molecular flexibility index (Phi) is 2.37. The molecule has 1 rings (SSSR count). The highest BCUT2D eigenvalue weighted by molar-refractivity contribution is 6.18. The average Bonchev–Trinajstić information content (AvgIpc) is 1.77. The fourth-order valence-corrected chi connectivity index (χ4v) is 1.82. The van der Waals surface area contributed by atoms with Crippen molar-refractivity contribution < 1.29 is 13.2 Å². The fourth-order valence-electron chi connectivity index (χ4n) is 1.46. The molecular formula is C7H10ClF3. The molecular weight excluding hydrogens is 177 g/mol. The Bertz CT molecular complexity index is 132. The van der Waals surface area contributed by atoms with E-state index in [1.54, 1.807) is 0 Å². The van der Waals surface area contributed by atoms with Crippen LogP contribution in [0.2, 0.25) is 0 Å². The Morgan fingerprint density at radius 3 is 1.91 bits per heavy atom. The van der Waals surface area contributed by atoms with Gasteiger partial charge in [-0.05, 0) is 18.3 Å². The quantitative estimate of drug-likeness (QED) is 0.581. The van der Waals surface area contributed by atoms with E-state index in [0.717, 1.165) is 6.42 Å². The molecule has 0 aromatic heterocycles. The largest absolute Gasteiger partial charge is 0.389 e. The Labute approximate surface area is 68.7 Å². The number of hydrogen-bond donors (Lipinski definition) is 0. The van der Waals surface area contributed by atoms with Crippen molar-refractivity contribution >= 4 is 11.6 Å². The lowest BCUT2D eigenvalue weighted by Crippen LogP contribution is -2.36. The van der Waals surface area contributed by atoms with Crippen LogP contribution in [-0.4, -0.2) is 12.1 Å². The van der Waals surface area contributed by atoms with Crippen LogP contribution in [0.25, 0.3) is 0 Å². The molecule has 0 atom stereocenters. The third kappa shape index (κ3) is 2.26. The van der Waals surface area contributed by atoms with Crippen LogP contribution in [0, 0.1) is 5.41 Å². The summed E-state index contributed by atoms with van der Waals surface area (Å²) in [4.78, 5) is 0. The lowest BCUT2D eigenvalue weighted by molar-refractivity contribution is -0.165. The van der Waals surface area contributed by atoms with E-state index in [4.69, 9.17) is 11.6 Å². The van der Waals surface area contributed by atoms with E-state index in [9.17, 15) is 13.2 Å². The number of alkyl halides is 4. The number of hydrogen-bond acceptors (Lipinski definition) is 0. The molecule has 11 heavy (non-hydrogen) atoms. The normalized spacial score (nSPS) is 22.9. The minimum absolute atomic E-state index is 0.145. The predicted octanol–water partition coefficient (Wildman–Crippen LogP) is 3.35. The van der Waals surface area contributed by atoms with Gasteiger partial charge in [0.25, 0.3) is 0 Å². The molecule has 0 bridgehead atoms. The second kappa shape index (κ2) is 2.85. The summed E-state index contributed by atoms with van der Waals surface area (Å²) < 4.78 is 35.7. The molecule has 0 nitrogen and oxygen atoms in total. The maximum absolute atomic E-state index is 11.9. The molecule has 66 valence electrons. The van der Waals surface area contributed by atoms with E-state index < -0.39 is 18.0 Å². The highest BCUT2D eigenvalue weighted by Crippen LogP contribution is 2.49. The van der Waals surface area contributed by atoms with Crippen LogP contribution in [-0.2, 0) is 0 Å². The van der Waals surface area contributed by atoms with Gasteiger partial charge in [-0.1, -0.05) is 6.42 Å². The highest BCUT2D eigenvalue weighted by atomic mass is 35.5. The molecule has 1 aliphatic rings.